The molecule has 8 saturated heterocycles. The van der Waals surface area contributed by atoms with Gasteiger partial charge in [-0.3, -0.25) is 0 Å². The van der Waals surface area contributed by atoms with Crippen LogP contribution < -0.4 is 0 Å². The van der Waals surface area contributed by atoms with Crippen LogP contribution in [0.1, 0.15) is 125 Å². The highest BCUT2D eigenvalue weighted by Crippen LogP contribution is 2.62. The Bertz CT molecular complexity index is 977. The molecule has 43 heavy (non-hydrogen) atoms. The topological polar surface area (TPSA) is 73.8 Å². The molecule has 8 heteroatoms. The van der Waals surface area contributed by atoms with E-state index in [1.54, 1.807) is 0 Å². The fraction of sp³-hybridized carbons (Fsp3) is 1.00. The number of fused-ring (bicyclic) bond motifs is 4. The Morgan fingerprint density at radius 3 is 1.40 bits per heavy atom. The molecule has 0 aromatic carbocycles. The van der Waals surface area contributed by atoms with E-state index in [-0.39, 0.29) is 24.8 Å². The SMILES string of the molecule is C[C@H]1[C@H](CCCCC[C@H]2O[C@H]3O[C@@]4(C)CC[C@H]5[C@H](C)CC[C@@H]([C@H]2C)[C@@]35OO4)O[C@H]2O[C@@]3(C)CC[C@H]4[C@H](C)CC[C@@H]1[C@@]24OO3. The van der Waals surface area contributed by atoms with Crippen LogP contribution in [0, 0.1) is 47.3 Å². The van der Waals surface area contributed by atoms with Gasteiger partial charge >= 0.3 is 0 Å². The van der Waals surface area contributed by atoms with Crippen molar-refractivity contribution >= 4 is 0 Å². The molecule has 10 fully saturated rings. The van der Waals surface area contributed by atoms with E-state index < -0.39 is 22.8 Å². The molecule has 0 radical (unpaired) electrons. The van der Waals surface area contributed by atoms with E-state index in [1.165, 1.54) is 19.3 Å². The summed E-state index contributed by atoms with van der Waals surface area (Å²) in [6.45, 7) is 13.6. The minimum Gasteiger partial charge on any atom is -0.346 e. The number of hydrogen-bond donors (Lipinski definition) is 0. The van der Waals surface area contributed by atoms with E-state index in [0.717, 1.165) is 64.2 Å². The van der Waals surface area contributed by atoms with Gasteiger partial charge in [-0.1, -0.05) is 47.0 Å². The van der Waals surface area contributed by atoms with E-state index in [1.807, 2.05) is 13.8 Å². The zero-order valence-electron chi connectivity index (χ0n) is 27.4. The normalized spacial score (nSPS) is 58.7. The third kappa shape index (κ3) is 4.43. The van der Waals surface area contributed by atoms with E-state index in [9.17, 15) is 0 Å². The zero-order chi connectivity index (χ0) is 29.8. The molecule has 0 unspecified atom stereocenters. The molecule has 2 aliphatic carbocycles. The first-order valence-corrected chi connectivity index (χ1v) is 18.0. The minimum atomic E-state index is -0.705. The predicted molar refractivity (Wildman–Crippen MR) is 157 cm³/mol. The van der Waals surface area contributed by atoms with Crippen LogP contribution >= 0.6 is 0 Å². The Morgan fingerprint density at radius 2 is 0.953 bits per heavy atom. The number of ether oxygens (including phenoxy) is 4. The van der Waals surface area contributed by atoms with Gasteiger partial charge in [-0.2, -0.15) is 0 Å². The highest BCUT2D eigenvalue weighted by atomic mass is 17.3. The van der Waals surface area contributed by atoms with Gasteiger partial charge in [0.05, 0.1) is 12.2 Å². The maximum Gasteiger partial charge on any atom is 0.201 e. The van der Waals surface area contributed by atoms with Crippen molar-refractivity contribution in [2.24, 2.45) is 47.3 Å². The molecule has 8 nitrogen and oxygen atoms in total. The molecule has 8 aliphatic heterocycles. The van der Waals surface area contributed by atoms with E-state index in [4.69, 9.17) is 38.5 Å². The van der Waals surface area contributed by atoms with E-state index in [2.05, 4.69) is 27.7 Å². The van der Waals surface area contributed by atoms with Gasteiger partial charge in [0.1, 0.15) is 0 Å². The third-order valence-electron chi connectivity index (χ3n) is 14.1. The molecular formula is C35H56O8. The number of rotatable bonds is 6. The Hall–Kier alpha value is -0.320. The molecule has 0 amide bonds. The van der Waals surface area contributed by atoms with Crippen LogP contribution in [-0.2, 0) is 38.5 Å². The average molecular weight is 605 g/mol. The predicted octanol–water partition coefficient (Wildman–Crippen LogP) is 7.44. The lowest BCUT2D eigenvalue weighted by Gasteiger charge is -2.60. The van der Waals surface area contributed by atoms with Gasteiger partial charge in [0.2, 0.25) is 11.6 Å². The molecule has 0 aromatic heterocycles. The third-order valence-corrected chi connectivity index (χ3v) is 14.1. The van der Waals surface area contributed by atoms with Crippen LogP contribution in [0.15, 0.2) is 0 Å². The highest BCUT2D eigenvalue weighted by Gasteiger charge is 2.70. The van der Waals surface area contributed by atoms with Crippen molar-refractivity contribution in [2.75, 3.05) is 0 Å². The quantitative estimate of drug-likeness (QED) is 0.229. The molecule has 2 saturated carbocycles. The van der Waals surface area contributed by atoms with Gasteiger partial charge in [0.15, 0.2) is 23.8 Å². The Balaban J connectivity index is 0.894. The van der Waals surface area contributed by atoms with Crippen LogP contribution in [-0.4, -0.2) is 47.6 Å². The fourth-order valence-corrected chi connectivity index (χ4v) is 11.5. The Labute approximate surface area is 258 Å². The summed E-state index contributed by atoms with van der Waals surface area (Å²) < 4.78 is 26.8. The second kappa shape index (κ2) is 10.6. The molecule has 10 aliphatic rings. The molecule has 8 heterocycles. The van der Waals surface area contributed by atoms with Crippen LogP contribution in [0.25, 0.3) is 0 Å². The maximum absolute atomic E-state index is 6.84. The molecule has 10 rings (SSSR count). The number of hydrogen-bond acceptors (Lipinski definition) is 8. The standard InChI is InChI=1S/C35H56O8/c1-20-12-14-26-22(3)28(36-30-34(26)24(20)16-18-32(5,38-30)40-42-34)10-8-7-9-11-29-23(4)27-15-13-21(2)25-17-19-33(6)39-31(37-29)35(25,27)43-41-33/h20-31H,7-19H2,1-6H3/t20-,21-,22-,23-,24+,25+,26+,27+,28-,29+,30+,31+,32-,33-,34-,35-/m1/s1. The van der Waals surface area contributed by atoms with E-state index in [0.29, 0.717) is 47.3 Å². The molecule has 0 N–H and O–H groups in total. The minimum absolute atomic E-state index is 0.194. The monoisotopic (exact) mass is 604 g/mol. The smallest absolute Gasteiger partial charge is 0.201 e. The lowest BCUT2D eigenvalue weighted by molar-refractivity contribution is -0.571. The molecular weight excluding hydrogens is 548 g/mol. The van der Waals surface area contributed by atoms with Gasteiger partial charge in [-0.05, 0) is 101 Å². The fourth-order valence-electron chi connectivity index (χ4n) is 11.5. The summed E-state index contributed by atoms with van der Waals surface area (Å²) in [5.41, 5.74) is -0.923. The molecule has 244 valence electrons. The first-order valence-electron chi connectivity index (χ1n) is 18.0. The van der Waals surface area contributed by atoms with Gasteiger partial charge in [0.25, 0.3) is 0 Å². The van der Waals surface area contributed by atoms with Crippen molar-refractivity contribution in [2.45, 2.75) is 173 Å². The van der Waals surface area contributed by atoms with E-state index >= 15 is 0 Å². The summed E-state index contributed by atoms with van der Waals surface area (Å²) in [6.07, 6.45) is 14.1. The molecule has 4 bridgehead atoms. The largest absolute Gasteiger partial charge is 0.346 e. The zero-order valence-corrected chi connectivity index (χ0v) is 27.4. The summed E-state index contributed by atoms with van der Waals surface area (Å²) in [6, 6.07) is 0. The Kier molecular flexibility index (Phi) is 7.40. The molecule has 0 aromatic rings. The summed E-state index contributed by atoms with van der Waals surface area (Å²) in [7, 11) is 0. The molecule has 16 atom stereocenters. The summed E-state index contributed by atoms with van der Waals surface area (Å²) in [5, 5.41) is 0. The highest BCUT2D eigenvalue weighted by molar-refractivity contribution is 5.11. The van der Waals surface area contributed by atoms with Crippen molar-refractivity contribution in [3.63, 3.8) is 0 Å². The van der Waals surface area contributed by atoms with Gasteiger partial charge in [-0.25, -0.2) is 19.6 Å². The van der Waals surface area contributed by atoms with Crippen molar-refractivity contribution in [3.05, 3.63) is 0 Å². The van der Waals surface area contributed by atoms with Gasteiger partial charge in [-0.15, -0.1) is 0 Å². The van der Waals surface area contributed by atoms with Crippen LogP contribution in [0.4, 0.5) is 0 Å². The molecule has 2 spiro atoms. The first kappa shape index (κ1) is 30.0. The van der Waals surface area contributed by atoms with Gasteiger partial charge < -0.3 is 18.9 Å². The second-order valence-electron chi connectivity index (χ2n) is 16.5. The first-order chi connectivity index (χ1) is 20.6. The lowest BCUT2D eigenvalue weighted by atomic mass is 9.57. The Morgan fingerprint density at radius 1 is 0.512 bits per heavy atom. The van der Waals surface area contributed by atoms with Crippen molar-refractivity contribution in [1.29, 1.82) is 0 Å². The van der Waals surface area contributed by atoms with Crippen LogP contribution in [0.2, 0.25) is 0 Å². The van der Waals surface area contributed by atoms with Crippen molar-refractivity contribution in [1.82, 2.24) is 0 Å². The second-order valence-corrected chi connectivity index (χ2v) is 16.5. The maximum atomic E-state index is 6.84. The number of unbranched alkanes of at least 4 members (excludes halogenated alkanes) is 2. The lowest BCUT2D eigenvalue weighted by Crippen LogP contribution is -2.70. The average Bonchev–Trinajstić information content (AvgIpc) is 3.35. The van der Waals surface area contributed by atoms with Crippen molar-refractivity contribution < 1.29 is 38.5 Å². The van der Waals surface area contributed by atoms with Crippen LogP contribution in [0.3, 0.4) is 0 Å². The van der Waals surface area contributed by atoms with Crippen LogP contribution in [0.5, 0.6) is 0 Å². The summed E-state index contributed by atoms with van der Waals surface area (Å²) in [5.74, 6) is 2.31. The van der Waals surface area contributed by atoms with Crippen molar-refractivity contribution in [3.8, 4) is 0 Å². The summed E-state index contributed by atoms with van der Waals surface area (Å²) >= 11 is 0. The van der Waals surface area contributed by atoms with Gasteiger partial charge in [0, 0.05) is 24.7 Å². The summed E-state index contributed by atoms with van der Waals surface area (Å²) in [4.78, 5) is 24.7.